The average Bonchev–Trinajstić information content (AvgIpc) is 1.38. The van der Waals surface area contributed by atoms with Crippen molar-refractivity contribution < 1.29 is 82.7 Å². The topological polar surface area (TPSA) is 343 Å². The van der Waals surface area contributed by atoms with Crippen LogP contribution in [0.15, 0.2) is 180 Å². The van der Waals surface area contributed by atoms with E-state index in [0.717, 1.165) is 112 Å². The number of halogens is 3. The molecule has 0 fully saturated rings. The Morgan fingerprint density at radius 2 is 0.885 bits per heavy atom. The number of aromatic hydroxyl groups is 1. The predicted molar refractivity (Wildman–Crippen MR) is 357 cm³/mol. The summed E-state index contributed by atoms with van der Waals surface area (Å²) in [6.45, 7) is 8.89. The van der Waals surface area contributed by atoms with Gasteiger partial charge in [0.15, 0.2) is 6.29 Å². The van der Waals surface area contributed by atoms with Crippen LogP contribution < -0.4 is 26.3 Å². The molecule has 0 aliphatic carbocycles. The minimum absolute atomic E-state index is 0.000369. The number of carboxylic acids is 1. The number of nitrogens with zero attached hydrogens (tertiary/aromatic N) is 2. The molecule has 0 spiro atoms. The number of carbonyl (C=O) groups excluding carboxylic acids is 2. The van der Waals surface area contributed by atoms with Crippen LogP contribution in [-0.2, 0) is 60.1 Å². The molecule has 12 aromatic rings. The maximum absolute atomic E-state index is 12.3. The van der Waals surface area contributed by atoms with Crippen molar-refractivity contribution in [1.82, 2.24) is 20.6 Å². The summed E-state index contributed by atoms with van der Waals surface area (Å²) in [6, 6.07) is 44.5. The number of carbonyl (C=O) groups is 3. The minimum Gasteiger partial charge on any atom is -0.508 e. The fourth-order valence-corrected chi connectivity index (χ4v) is 10.2. The van der Waals surface area contributed by atoms with Crippen LogP contribution in [0.4, 0.5) is 24.8 Å². The number of nitrogen functional groups attached to an aromatic ring is 2. The fourth-order valence-electron chi connectivity index (χ4n) is 9.72. The summed E-state index contributed by atoms with van der Waals surface area (Å²) in [7, 11) is -5.65. The number of carboxylic acid groups (broad SMARTS) is 1. The largest absolute Gasteiger partial charge is 0.534 e. The molecule has 5 aromatic carbocycles. The molecule has 0 atom stereocenters. The maximum atomic E-state index is 12.3. The van der Waals surface area contributed by atoms with Crippen molar-refractivity contribution in [2.24, 2.45) is 0 Å². The van der Waals surface area contributed by atoms with E-state index in [9.17, 15) is 41.1 Å². The van der Waals surface area contributed by atoms with Gasteiger partial charge in [-0.3, -0.25) is 14.4 Å². The standard InChI is InChI=1S/C18H17N3O4.C18H19N3O2.C12H11F3O4S.C12H14O3.C11H12O2/c19-16-3-1-2-13(21-16)10-20-18(24)11-4-6-15-12(8-11)9-14(25-15)5-7-17(22)23;1-2-4-15-10-13-9-12(7-8-16(13)23-15)18(22)20-11-14-5-3-6-17(19)21-14;1-2-3-9-6-8-7-10(4-5-11(8)18-9)19-20(16,17)12(13,14)15;1-2-3-10-7-9-6-8(12(13)14)4-5-11(9)15-10;1-2-3-10-7-8-6-9(12)4-5-11(8)13-10/h1-4,6,8-9H,5,7,10H2,(H2,19,21)(H,20,24)(H,22,23);3,5-10H,2,4,11H2,1H3,(H2,19,21)(H,20,22);4-7H,2-3H2,1H3;4-7,12-14H,2-3H2,1H3;4-7,12H,2-3H2,1H3. The number of hydrogen-bond acceptors (Lipinski definition) is 18. The molecule has 0 saturated heterocycles. The summed E-state index contributed by atoms with van der Waals surface area (Å²) < 4.78 is 90.3. The number of amides is 2. The first kappa shape index (κ1) is 71.2. The van der Waals surface area contributed by atoms with Gasteiger partial charge in [0, 0.05) is 75.7 Å². The number of benzene rings is 5. The number of aliphatic hydroxyl groups excluding tert-OH is 1. The van der Waals surface area contributed by atoms with E-state index in [0.29, 0.717) is 81.5 Å². The number of aliphatic hydroxyl groups is 2. The van der Waals surface area contributed by atoms with Gasteiger partial charge >= 0.3 is 21.6 Å². The van der Waals surface area contributed by atoms with Crippen molar-refractivity contribution in [3.05, 3.63) is 215 Å². The molecule has 0 bridgehead atoms. The van der Waals surface area contributed by atoms with E-state index in [1.807, 2.05) is 49.4 Å². The van der Waals surface area contributed by atoms with E-state index in [-0.39, 0.29) is 30.5 Å². The van der Waals surface area contributed by atoms with Crippen LogP contribution >= 0.6 is 0 Å². The second kappa shape index (κ2) is 33.0. The molecule has 96 heavy (non-hydrogen) atoms. The summed E-state index contributed by atoms with van der Waals surface area (Å²) in [5, 5.41) is 45.7. The van der Waals surface area contributed by atoms with Crippen LogP contribution in [0.1, 0.15) is 133 Å². The number of phenolic OH excluding ortho intramolecular Hbond substituents is 1. The first-order chi connectivity index (χ1) is 45.9. The number of aromatic nitrogens is 2. The number of alkyl halides is 3. The van der Waals surface area contributed by atoms with Gasteiger partial charge in [0.05, 0.1) is 30.9 Å². The van der Waals surface area contributed by atoms with E-state index in [4.69, 9.17) is 48.9 Å². The molecule has 21 nitrogen and oxygen atoms in total. The van der Waals surface area contributed by atoms with E-state index < -0.39 is 33.6 Å². The number of fused-ring (bicyclic) bond motifs is 5. The van der Waals surface area contributed by atoms with Crippen molar-refractivity contribution in [2.45, 2.75) is 117 Å². The number of aryl methyl sites for hydroxylation is 5. The van der Waals surface area contributed by atoms with Crippen molar-refractivity contribution in [3.63, 3.8) is 0 Å². The molecule has 0 saturated carbocycles. The molecule has 7 heterocycles. The van der Waals surface area contributed by atoms with Crippen LogP contribution in [0.2, 0.25) is 0 Å². The first-order valence-corrected chi connectivity index (χ1v) is 32.2. The Morgan fingerprint density at radius 1 is 0.510 bits per heavy atom. The number of furan rings is 5. The molecule has 0 unspecified atom stereocenters. The lowest BCUT2D eigenvalue weighted by Crippen LogP contribution is -2.27. The van der Waals surface area contributed by atoms with E-state index in [2.05, 4.69) is 45.6 Å². The summed E-state index contributed by atoms with van der Waals surface area (Å²) in [4.78, 5) is 43.5. The molecule has 10 N–H and O–H groups in total. The number of nitrogens with two attached hydrogens (primary N) is 2. The molecular weight excluding hydrogens is 1270 g/mol. The monoisotopic (exact) mass is 1340 g/mol. The van der Waals surface area contributed by atoms with Crippen molar-refractivity contribution >= 4 is 94.4 Å². The number of pyridine rings is 2. The van der Waals surface area contributed by atoms with E-state index in [1.54, 1.807) is 97.1 Å². The Bertz CT molecular complexity index is 4720. The smallest absolute Gasteiger partial charge is 0.508 e. The Hall–Kier alpha value is -10.6. The quantitative estimate of drug-likeness (QED) is 0.0200. The van der Waals surface area contributed by atoms with Gasteiger partial charge in [-0.1, -0.05) is 45.9 Å². The number of phenols is 1. The zero-order valence-corrected chi connectivity index (χ0v) is 53.8. The third-order valence-electron chi connectivity index (χ3n) is 14.2. The van der Waals surface area contributed by atoms with Gasteiger partial charge in [-0.15, -0.1) is 0 Å². The third kappa shape index (κ3) is 20.2. The van der Waals surface area contributed by atoms with Crippen molar-refractivity contribution in [3.8, 4) is 11.5 Å². The van der Waals surface area contributed by atoms with Gasteiger partial charge in [-0.2, -0.15) is 21.6 Å². The molecule has 7 aromatic heterocycles. The fraction of sp³-hybridized carbons (Fsp3) is 0.254. The molecule has 12 rings (SSSR count). The summed E-state index contributed by atoms with van der Waals surface area (Å²) >= 11 is 0. The van der Waals surface area contributed by atoms with Gasteiger partial charge in [0.1, 0.15) is 79.9 Å². The van der Waals surface area contributed by atoms with Crippen LogP contribution in [0.25, 0.3) is 54.8 Å². The second-order valence-corrected chi connectivity index (χ2v) is 23.5. The second-order valence-electron chi connectivity index (χ2n) is 22.0. The highest BCUT2D eigenvalue weighted by Crippen LogP contribution is 2.32. The Morgan fingerprint density at radius 3 is 1.28 bits per heavy atom. The summed E-state index contributed by atoms with van der Waals surface area (Å²) in [5.74, 6) is 3.61. The third-order valence-corrected chi connectivity index (χ3v) is 15.2. The van der Waals surface area contributed by atoms with Crippen LogP contribution in [-0.4, -0.2) is 62.1 Å². The average molecular weight is 1340 g/mol. The van der Waals surface area contributed by atoms with Crippen molar-refractivity contribution in [1.29, 1.82) is 0 Å². The maximum Gasteiger partial charge on any atom is 0.534 e. The molecular formula is C71H73F3N6O15S. The zero-order valence-electron chi connectivity index (χ0n) is 52.9. The lowest BCUT2D eigenvalue weighted by molar-refractivity contribution is -0.137. The molecule has 504 valence electrons. The number of anilines is 2. The predicted octanol–water partition coefficient (Wildman–Crippen LogP) is 14.7. The highest BCUT2D eigenvalue weighted by Gasteiger charge is 2.48. The highest BCUT2D eigenvalue weighted by atomic mass is 32.2. The Balaban J connectivity index is 0.000000156. The van der Waals surface area contributed by atoms with Crippen LogP contribution in [0.5, 0.6) is 11.5 Å². The van der Waals surface area contributed by atoms with Crippen LogP contribution in [0, 0.1) is 0 Å². The van der Waals surface area contributed by atoms with Gasteiger partial charge in [0.2, 0.25) is 0 Å². The number of hydrogen-bond donors (Lipinski definition) is 8. The molecule has 0 aliphatic heterocycles. The van der Waals surface area contributed by atoms with Gasteiger partial charge in [0.25, 0.3) is 11.8 Å². The number of aliphatic carboxylic acids is 1. The van der Waals surface area contributed by atoms with Crippen LogP contribution in [0.3, 0.4) is 0 Å². The van der Waals surface area contributed by atoms with E-state index in [1.165, 1.54) is 12.1 Å². The van der Waals surface area contributed by atoms with Gasteiger partial charge in [-0.25, -0.2) is 9.97 Å². The summed E-state index contributed by atoms with van der Waals surface area (Å²) in [5.41, 5.74) is 12.3. The number of nitrogens with one attached hydrogen (secondary N) is 2. The Labute approximate surface area is 549 Å². The first-order valence-electron chi connectivity index (χ1n) is 30.8. The molecule has 25 heteroatoms. The molecule has 2 amide bonds. The minimum atomic E-state index is -5.65. The van der Waals surface area contributed by atoms with Crippen molar-refractivity contribution in [2.75, 3.05) is 11.5 Å². The highest BCUT2D eigenvalue weighted by molar-refractivity contribution is 7.88. The Kier molecular flexibility index (Phi) is 24.5. The molecule has 0 radical (unpaired) electrons. The normalized spacial score (nSPS) is 11.3. The SMILES string of the molecule is CCCc1cc2cc(C(=O)NCc3cccc(N)n3)ccc2o1.CCCc1cc2cc(C(O)O)ccc2o1.CCCc1cc2cc(O)ccc2o1.CCCc1cc2cc(OS(=O)(=O)C(F)(F)F)ccc2o1.Nc1cccc(CNC(=O)c2ccc3oc(CCC(=O)O)cc3c2)n1. The zero-order chi connectivity index (χ0) is 69.1. The van der Waals surface area contributed by atoms with Gasteiger partial charge in [-0.05, 0) is 165 Å². The lowest BCUT2D eigenvalue weighted by atomic mass is 10.1. The molecule has 0 aliphatic rings. The van der Waals surface area contributed by atoms with Gasteiger partial charge < -0.3 is 68.8 Å². The summed E-state index contributed by atoms with van der Waals surface area (Å²) in [6.07, 6.45) is 6.34. The van der Waals surface area contributed by atoms with E-state index >= 15 is 0 Å². The number of rotatable bonds is 20. The lowest BCUT2D eigenvalue weighted by Gasteiger charge is -2.08.